The molecule has 0 saturated carbocycles. The first kappa shape index (κ1) is 15.4. The van der Waals surface area contributed by atoms with E-state index in [0.717, 1.165) is 18.4 Å². The van der Waals surface area contributed by atoms with Gasteiger partial charge in [-0.25, -0.2) is 4.98 Å². The number of aromatic nitrogens is 2. The van der Waals surface area contributed by atoms with E-state index in [4.69, 9.17) is 15.2 Å². The molecule has 0 saturated heterocycles. The number of nitrogen functional groups attached to an aromatic ring is 1. The zero-order chi connectivity index (χ0) is 16.2. The lowest BCUT2D eigenvalue weighted by molar-refractivity contribution is 0.356. The molecular formula is C16H18N4O2S. The van der Waals surface area contributed by atoms with E-state index in [-0.39, 0.29) is 0 Å². The number of nitrogens with zero attached hydrogens (tertiary/aromatic N) is 2. The van der Waals surface area contributed by atoms with Gasteiger partial charge in [0.2, 0.25) is 5.95 Å². The van der Waals surface area contributed by atoms with Crippen molar-refractivity contribution >= 4 is 34.0 Å². The largest absolute Gasteiger partial charge is 0.493 e. The monoisotopic (exact) mass is 330 g/mol. The van der Waals surface area contributed by atoms with Crippen LogP contribution in [0.2, 0.25) is 0 Å². The van der Waals surface area contributed by atoms with Gasteiger partial charge in [0.05, 0.1) is 19.7 Å². The van der Waals surface area contributed by atoms with Crippen LogP contribution in [0.15, 0.2) is 29.6 Å². The van der Waals surface area contributed by atoms with Crippen LogP contribution in [-0.4, -0.2) is 30.7 Å². The topological polar surface area (TPSA) is 82.3 Å². The van der Waals surface area contributed by atoms with E-state index in [1.165, 1.54) is 4.88 Å². The second-order valence-electron chi connectivity index (χ2n) is 4.91. The molecule has 0 aliphatic carbocycles. The molecule has 0 atom stereocenters. The van der Waals surface area contributed by atoms with Crippen molar-refractivity contribution in [3.63, 3.8) is 0 Å². The second-order valence-corrected chi connectivity index (χ2v) is 5.95. The molecule has 3 aromatic rings. The van der Waals surface area contributed by atoms with Gasteiger partial charge in [0.15, 0.2) is 11.5 Å². The number of benzene rings is 1. The second kappa shape index (κ2) is 6.70. The molecule has 7 heteroatoms. The summed E-state index contributed by atoms with van der Waals surface area (Å²) >= 11 is 1.74. The number of nitrogens with one attached hydrogen (secondary N) is 1. The average molecular weight is 330 g/mol. The molecule has 0 bridgehead atoms. The van der Waals surface area contributed by atoms with Gasteiger partial charge in [-0.15, -0.1) is 11.3 Å². The normalized spacial score (nSPS) is 10.7. The van der Waals surface area contributed by atoms with Crippen LogP contribution in [0, 0.1) is 0 Å². The van der Waals surface area contributed by atoms with Crippen molar-refractivity contribution in [2.24, 2.45) is 0 Å². The summed E-state index contributed by atoms with van der Waals surface area (Å²) < 4.78 is 10.6. The van der Waals surface area contributed by atoms with Gasteiger partial charge in [0.25, 0.3) is 0 Å². The molecule has 2 heterocycles. The van der Waals surface area contributed by atoms with Crippen LogP contribution < -0.4 is 20.5 Å². The molecule has 2 aromatic heterocycles. The lowest BCUT2D eigenvalue weighted by Crippen LogP contribution is -2.09. The summed E-state index contributed by atoms with van der Waals surface area (Å²) in [5.41, 5.74) is 6.77. The van der Waals surface area contributed by atoms with Gasteiger partial charge in [-0.2, -0.15) is 4.98 Å². The number of anilines is 2. The molecule has 3 rings (SSSR count). The Morgan fingerprint density at radius 1 is 1.17 bits per heavy atom. The fourth-order valence-electron chi connectivity index (χ4n) is 2.31. The first-order valence-corrected chi connectivity index (χ1v) is 8.04. The Morgan fingerprint density at radius 3 is 2.65 bits per heavy atom. The molecule has 0 aliphatic rings. The van der Waals surface area contributed by atoms with Gasteiger partial charge < -0.3 is 20.5 Å². The van der Waals surface area contributed by atoms with Gasteiger partial charge in [-0.1, -0.05) is 6.07 Å². The van der Waals surface area contributed by atoms with Crippen molar-refractivity contribution in [2.75, 3.05) is 31.8 Å². The minimum atomic E-state index is 0.412. The molecule has 0 fully saturated rings. The van der Waals surface area contributed by atoms with Crippen LogP contribution in [0.1, 0.15) is 4.88 Å². The Labute approximate surface area is 138 Å². The number of hydrogen-bond acceptors (Lipinski definition) is 7. The lowest BCUT2D eigenvalue weighted by Gasteiger charge is -2.11. The number of rotatable bonds is 6. The van der Waals surface area contributed by atoms with Gasteiger partial charge in [0.1, 0.15) is 5.82 Å². The van der Waals surface area contributed by atoms with Crippen molar-refractivity contribution in [1.29, 1.82) is 0 Å². The molecule has 6 nitrogen and oxygen atoms in total. The summed E-state index contributed by atoms with van der Waals surface area (Å²) in [6, 6.07) is 7.75. The highest BCUT2D eigenvalue weighted by Crippen LogP contribution is 2.33. The first-order valence-electron chi connectivity index (χ1n) is 7.16. The van der Waals surface area contributed by atoms with E-state index in [9.17, 15) is 0 Å². The van der Waals surface area contributed by atoms with Crippen LogP contribution in [0.4, 0.5) is 11.8 Å². The van der Waals surface area contributed by atoms with E-state index in [2.05, 4.69) is 26.7 Å². The van der Waals surface area contributed by atoms with Crippen LogP contribution in [0.3, 0.4) is 0 Å². The van der Waals surface area contributed by atoms with E-state index < -0.39 is 0 Å². The zero-order valence-corrected chi connectivity index (χ0v) is 13.8. The third-order valence-corrected chi connectivity index (χ3v) is 4.40. The van der Waals surface area contributed by atoms with Gasteiger partial charge in [-0.05, 0) is 23.9 Å². The standard InChI is InChI=1S/C16H18N4O2S/c1-21-13-8-11-12(9-14(13)22-2)19-16(20-15(11)17)18-6-5-10-4-3-7-23-10/h3-4,7-9H,5-6H2,1-2H3,(H3,17,18,19,20). The molecule has 120 valence electrons. The maximum atomic E-state index is 6.05. The van der Waals surface area contributed by atoms with Crippen LogP contribution in [0.25, 0.3) is 10.9 Å². The summed E-state index contributed by atoms with van der Waals surface area (Å²) in [4.78, 5) is 10.1. The lowest BCUT2D eigenvalue weighted by atomic mass is 10.2. The number of nitrogens with two attached hydrogens (primary N) is 1. The Morgan fingerprint density at radius 2 is 1.96 bits per heavy atom. The van der Waals surface area contributed by atoms with Crippen LogP contribution in [-0.2, 0) is 6.42 Å². The summed E-state index contributed by atoms with van der Waals surface area (Å²) in [6.07, 6.45) is 0.922. The maximum Gasteiger partial charge on any atom is 0.225 e. The molecule has 23 heavy (non-hydrogen) atoms. The minimum Gasteiger partial charge on any atom is -0.493 e. The van der Waals surface area contributed by atoms with Crippen molar-refractivity contribution in [1.82, 2.24) is 9.97 Å². The van der Waals surface area contributed by atoms with E-state index in [1.54, 1.807) is 37.7 Å². The molecular weight excluding hydrogens is 312 g/mol. The molecule has 0 spiro atoms. The van der Waals surface area contributed by atoms with E-state index >= 15 is 0 Å². The highest BCUT2D eigenvalue weighted by molar-refractivity contribution is 7.09. The number of methoxy groups -OCH3 is 2. The number of hydrogen-bond donors (Lipinski definition) is 2. The molecule has 1 aromatic carbocycles. The zero-order valence-electron chi connectivity index (χ0n) is 13.0. The molecule has 0 amide bonds. The molecule has 0 unspecified atom stereocenters. The fraction of sp³-hybridized carbons (Fsp3) is 0.250. The van der Waals surface area contributed by atoms with Gasteiger partial charge >= 0.3 is 0 Å². The Bertz CT molecular complexity index is 805. The highest BCUT2D eigenvalue weighted by Gasteiger charge is 2.11. The number of thiophene rings is 1. The molecule has 0 aliphatic heterocycles. The average Bonchev–Trinajstić information content (AvgIpc) is 3.07. The SMILES string of the molecule is COc1cc2nc(NCCc3cccs3)nc(N)c2cc1OC. The highest BCUT2D eigenvalue weighted by atomic mass is 32.1. The van der Waals surface area contributed by atoms with Gasteiger partial charge in [0, 0.05) is 22.9 Å². The third-order valence-electron chi connectivity index (χ3n) is 3.47. The number of ether oxygens (including phenoxy) is 2. The number of fused-ring (bicyclic) bond motifs is 1. The van der Waals surface area contributed by atoms with Gasteiger partial charge in [-0.3, -0.25) is 0 Å². The fourth-order valence-corrected chi connectivity index (χ4v) is 3.02. The Balaban J connectivity index is 1.84. The summed E-state index contributed by atoms with van der Waals surface area (Å²) in [5.74, 6) is 2.14. The molecule has 3 N–H and O–H groups in total. The smallest absolute Gasteiger partial charge is 0.225 e. The summed E-state index contributed by atoms with van der Waals surface area (Å²) in [7, 11) is 3.18. The van der Waals surface area contributed by atoms with Crippen LogP contribution in [0.5, 0.6) is 11.5 Å². The van der Waals surface area contributed by atoms with Crippen LogP contribution >= 0.6 is 11.3 Å². The van der Waals surface area contributed by atoms with E-state index in [0.29, 0.717) is 28.8 Å². The predicted octanol–water partition coefficient (Wildman–Crippen LogP) is 2.95. The summed E-state index contributed by atoms with van der Waals surface area (Å²) in [5, 5.41) is 6.03. The minimum absolute atomic E-state index is 0.412. The Hall–Kier alpha value is -2.54. The Kier molecular flexibility index (Phi) is 4.47. The third kappa shape index (κ3) is 3.29. The van der Waals surface area contributed by atoms with Crippen molar-refractivity contribution in [3.05, 3.63) is 34.5 Å². The maximum absolute atomic E-state index is 6.05. The molecule has 0 radical (unpaired) electrons. The van der Waals surface area contributed by atoms with Crippen molar-refractivity contribution in [3.8, 4) is 11.5 Å². The van der Waals surface area contributed by atoms with Crippen molar-refractivity contribution in [2.45, 2.75) is 6.42 Å². The van der Waals surface area contributed by atoms with E-state index in [1.807, 2.05) is 6.07 Å². The quantitative estimate of drug-likeness (QED) is 0.723. The van der Waals surface area contributed by atoms with Crippen molar-refractivity contribution < 1.29 is 9.47 Å². The predicted molar refractivity (Wildman–Crippen MR) is 93.6 cm³/mol. The first-order chi connectivity index (χ1) is 11.2. The summed E-state index contributed by atoms with van der Waals surface area (Å²) in [6.45, 7) is 0.749.